The van der Waals surface area contributed by atoms with Gasteiger partial charge in [0.05, 0.1) is 26.9 Å². The molecule has 2 N–H and O–H groups in total. The number of methoxy groups -OCH3 is 1. The number of morpholine rings is 1. The van der Waals surface area contributed by atoms with Gasteiger partial charge in [-0.15, -0.1) is 0 Å². The minimum absolute atomic E-state index is 0.0353. The second kappa shape index (κ2) is 15.4. The molecule has 4 rings (SSSR count). The van der Waals surface area contributed by atoms with Crippen LogP contribution in [0.4, 0.5) is 0 Å². The van der Waals surface area contributed by atoms with Crippen molar-refractivity contribution in [3.8, 4) is 11.5 Å². The van der Waals surface area contributed by atoms with Crippen molar-refractivity contribution in [3.05, 3.63) is 59.7 Å². The van der Waals surface area contributed by atoms with Crippen molar-refractivity contribution in [2.24, 2.45) is 4.99 Å². The van der Waals surface area contributed by atoms with Gasteiger partial charge in [-0.25, -0.2) is 4.99 Å². The van der Waals surface area contributed by atoms with Gasteiger partial charge in [-0.1, -0.05) is 12.1 Å². The lowest BCUT2D eigenvalue weighted by molar-refractivity contribution is -0.155. The summed E-state index contributed by atoms with van der Waals surface area (Å²) in [6.07, 6.45) is -0.273. The molecule has 1 amide bonds. The summed E-state index contributed by atoms with van der Waals surface area (Å²) in [7, 11) is 1.58. The molecular formula is C33H45N3O8. The molecular weight excluding hydrogens is 566 g/mol. The largest absolute Gasteiger partial charge is 0.497 e. The normalized spacial score (nSPS) is 20.4. The van der Waals surface area contributed by atoms with Gasteiger partial charge in [-0.05, 0) is 69.2 Å². The summed E-state index contributed by atoms with van der Waals surface area (Å²) in [5.41, 5.74) is -0.773. The highest BCUT2D eigenvalue weighted by Gasteiger charge is 2.53. The molecule has 0 bridgehead atoms. The van der Waals surface area contributed by atoms with Gasteiger partial charge in [-0.2, -0.15) is 0 Å². The fraction of sp³-hybridized carbons (Fsp3) is 0.545. The Hall–Kier alpha value is -3.67. The maximum absolute atomic E-state index is 14.3. The van der Waals surface area contributed by atoms with Crippen LogP contribution in [-0.4, -0.2) is 98.6 Å². The quantitative estimate of drug-likeness (QED) is 0.244. The van der Waals surface area contributed by atoms with Crippen molar-refractivity contribution >= 4 is 17.8 Å². The molecule has 2 aliphatic heterocycles. The van der Waals surface area contributed by atoms with Crippen LogP contribution >= 0.6 is 0 Å². The number of aliphatic imine (C=N–C) groups is 1. The van der Waals surface area contributed by atoms with Gasteiger partial charge >= 0.3 is 5.97 Å². The van der Waals surface area contributed by atoms with Crippen molar-refractivity contribution in [2.45, 2.75) is 57.3 Å². The maximum atomic E-state index is 14.3. The zero-order chi connectivity index (χ0) is 31.6. The molecule has 11 nitrogen and oxygen atoms in total. The predicted molar refractivity (Wildman–Crippen MR) is 165 cm³/mol. The summed E-state index contributed by atoms with van der Waals surface area (Å²) < 4.78 is 28.7. The summed E-state index contributed by atoms with van der Waals surface area (Å²) in [5.74, 6) is 0.781. The third-order valence-corrected chi connectivity index (χ3v) is 7.37. The molecule has 0 unspecified atom stereocenters. The second-order valence-electron chi connectivity index (χ2n) is 11.9. The molecule has 240 valence electrons. The number of aliphatic hydroxyl groups excluding tert-OH is 1. The van der Waals surface area contributed by atoms with Crippen LogP contribution in [0.15, 0.2) is 53.5 Å². The van der Waals surface area contributed by atoms with Crippen molar-refractivity contribution in [2.75, 3.05) is 59.7 Å². The third kappa shape index (κ3) is 8.93. The van der Waals surface area contributed by atoms with Crippen molar-refractivity contribution in [3.63, 3.8) is 0 Å². The zero-order valence-corrected chi connectivity index (χ0v) is 26.2. The van der Waals surface area contributed by atoms with Crippen LogP contribution in [0, 0.1) is 0 Å². The Morgan fingerprint density at radius 2 is 1.86 bits per heavy atom. The maximum Gasteiger partial charge on any atom is 0.306 e. The van der Waals surface area contributed by atoms with E-state index in [0.717, 1.165) is 13.1 Å². The van der Waals surface area contributed by atoms with Gasteiger partial charge in [0, 0.05) is 51.2 Å². The molecule has 0 aromatic heterocycles. The summed E-state index contributed by atoms with van der Waals surface area (Å²) in [4.78, 5) is 34.4. The number of benzene rings is 2. The third-order valence-electron chi connectivity index (χ3n) is 7.37. The Morgan fingerprint density at radius 1 is 1.11 bits per heavy atom. The molecule has 1 fully saturated rings. The van der Waals surface area contributed by atoms with Gasteiger partial charge < -0.3 is 34.1 Å². The average Bonchev–Trinajstić information content (AvgIpc) is 3.41. The van der Waals surface area contributed by atoms with Crippen LogP contribution in [0.5, 0.6) is 11.5 Å². The molecule has 2 heterocycles. The molecule has 2 aromatic rings. The van der Waals surface area contributed by atoms with Crippen molar-refractivity contribution in [1.29, 1.82) is 0 Å². The first kappa shape index (κ1) is 33.2. The number of hydrogen-bond acceptors (Lipinski definition) is 10. The van der Waals surface area contributed by atoms with E-state index in [9.17, 15) is 9.59 Å². The topological polar surface area (TPSA) is 128 Å². The Labute approximate surface area is 259 Å². The van der Waals surface area contributed by atoms with Gasteiger partial charge in [0.1, 0.15) is 17.1 Å². The number of nitrogens with zero attached hydrogens (tertiary/aromatic N) is 2. The highest BCUT2D eigenvalue weighted by Crippen LogP contribution is 2.44. The Morgan fingerprint density at radius 3 is 2.55 bits per heavy atom. The molecule has 0 spiro atoms. The van der Waals surface area contributed by atoms with E-state index in [4.69, 9.17) is 33.8 Å². The van der Waals surface area contributed by atoms with Gasteiger partial charge in [0.15, 0.2) is 11.6 Å². The molecule has 2 aliphatic rings. The lowest BCUT2D eigenvalue weighted by Gasteiger charge is -2.32. The van der Waals surface area contributed by atoms with E-state index >= 15 is 0 Å². The summed E-state index contributed by atoms with van der Waals surface area (Å²) in [6.45, 7) is 9.88. The number of amides is 1. The van der Waals surface area contributed by atoms with Gasteiger partial charge in [-0.3, -0.25) is 14.5 Å². The number of rotatable bonds is 14. The number of ether oxygens (including phenoxy) is 5. The van der Waals surface area contributed by atoms with Crippen LogP contribution in [-0.2, 0) is 23.8 Å². The number of esters is 1. The van der Waals surface area contributed by atoms with Gasteiger partial charge in [0.2, 0.25) is 5.90 Å². The van der Waals surface area contributed by atoms with E-state index in [1.807, 2.05) is 57.2 Å². The SMILES string of the molecule is COc1cccc([C@H]2OC(c3ccc(OCCCO)cc3)=N[C@@]2(CCC(=O)OC(C)(C)C)C(=O)NCCN2CCOCC2)c1. The van der Waals surface area contributed by atoms with Crippen LogP contribution in [0.2, 0.25) is 0 Å². The van der Waals surface area contributed by atoms with Crippen molar-refractivity contribution < 1.29 is 38.4 Å². The number of carbonyl (C=O) groups excluding carboxylic acids is 2. The number of aliphatic hydroxyl groups is 1. The highest BCUT2D eigenvalue weighted by atomic mass is 16.6. The molecule has 0 saturated carbocycles. The van der Waals surface area contributed by atoms with E-state index in [1.54, 1.807) is 19.2 Å². The Balaban J connectivity index is 1.67. The Bertz CT molecular complexity index is 1270. The molecule has 2 atom stereocenters. The number of hydrogen-bond donors (Lipinski definition) is 2. The minimum Gasteiger partial charge on any atom is -0.497 e. The number of nitrogens with one attached hydrogen (secondary N) is 1. The summed E-state index contributed by atoms with van der Waals surface area (Å²) in [5, 5.41) is 12.1. The standard InChI is InChI=1S/C33H45N3O8/c1-32(2,3)44-28(38)13-14-33(31(39)34-15-16-36-17-21-41-22-18-36)29(25-7-5-8-27(23-25)40-4)43-30(35-33)24-9-11-26(12-10-24)42-20-6-19-37/h5,7-12,23,29,37H,6,13-22H2,1-4H3,(H,34,39)/t29-,33-/m1/s1. The molecule has 0 radical (unpaired) electrons. The van der Waals surface area contributed by atoms with Gasteiger partial charge in [0.25, 0.3) is 5.91 Å². The zero-order valence-electron chi connectivity index (χ0n) is 26.2. The summed E-state index contributed by atoms with van der Waals surface area (Å²) in [6, 6.07) is 14.6. The van der Waals surface area contributed by atoms with Crippen LogP contribution in [0.25, 0.3) is 0 Å². The van der Waals surface area contributed by atoms with Crippen molar-refractivity contribution in [1.82, 2.24) is 10.2 Å². The summed E-state index contributed by atoms with van der Waals surface area (Å²) >= 11 is 0. The fourth-order valence-electron chi connectivity index (χ4n) is 5.17. The lowest BCUT2D eigenvalue weighted by Crippen LogP contribution is -2.50. The van der Waals surface area contributed by atoms with E-state index in [-0.39, 0.29) is 31.3 Å². The minimum atomic E-state index is -1.46. The number of carbonyl (C=O) groups is 2. The first-order valence-corrected chi connectivity index (χ1v) is 15.2. The van der Waals surface area contributed by atoms with Crippen LogP contribution in [0.1, 0.15) is 57.3 Å². The first-order chi connectivity index (χ1) is 21.1. The molecule has 0 aliphatic carbocycles. The average molecular weight is 612 g/mol. The molecule has 11 heteroatoms. The molecule has 2 aromatic carbocycles. The molecule has 44 heavy (non-hydrogen) atoms. The highest BCUT2D eigenvalue weighted by molar-refractivity contribution is 6.01. The van der Waals surface area contributed by atoms with E-state index < -0.39 is 23.2 Å². The smallest absolute Gasteiger partial charge is 0.306 e. The van der Waals surface area contributed by atoms with E-state index in [1.165, 1.54) is 0 Å². The lowest BCUT2D eigenvalue weighted by atomic mass is 9.83. The van der Waals surface area contributed by atoms with E-state index in [0.29, 0.717) is 62.0 Å². The fourth-order valence-corrected chi connectivity index (χ4v) is 5.17. The second-order valence-corrected chi connectivity index (χ2v) is 11.9. The van der Waals surface area contributed by atoms with Crippen LogP contribution in [0.3, 0.4) is 0 Å². The monoisotopic (exact) mass is 611 g/mol. The van der Waals surface area contributed by atoms with Crippen LogP contribution < -0.4 is 14.8 Å². The Kier molecular flexibility index (Phi) is 11.6. The molecule has 1 saturated heterocycles. The van der Waals surface area contributed by atoms with E-state index in [2.05, 4.69) is 10.2 Å². The predicted octanol–water partition coefficient (Wildman–Crippen LogP) is 3.28. The first-order valence-electron chi connectivity index (χ1n) is 15.2.